The highest BCUT2D eigenvalue weighted by molar-refractivity contribution is 6.35. The number of carboxylic acids is 1. The second-order valence-electron chi connectivity index (χ2n) is 5.67. The van der Waals surface area contributed by atoms with E-state index in [1.807, 2.05) is 0 Å². The fraction of sp³-hybridized carbons (Fsp3) is 0.312. The highest BCUT2D eigenvalue weighted by Gasteiger charge is 2.28. The minimum atomic E-state index is -1.10. The van der Waals surface area contributed by atoms with Crippen LogP contribution in [0, 0.1) is 0 Å². The van der Waals surface area contributed by atoms with E-state index in [9.17, 15) is 9.59 Å². The van der Waals surface area contributed by atoms with Gasteiger partial charge in [-0.3, -0.25) is 9.59 Å². The Labute approximate surface area is 148 Å². The van der Waals surface area contributed by atoms with Crippen molar-refractivity contribution in [3.63, 3.8) is 0 Å². The van der Waals surface area contributed by atoms with Crippen LogP contribution < -0.4 is 5.32 Å². The number of hydrogen-bond acceptors (Lipinski definition) is 3. The van der Waals surface area contributed by atoms with Crippen molar-refractivity contribution in [2.45, 2.75) is 32.2 Å². The molecule has 24 heavy (non-hydrogen) atoms. The maximum Gasteiger partial charge on any atom is 0.325 e. The summed E-state index contributed by atoms with van der Waals surface area (Å²) in [6.07, 6.45) is 2.42. The van der Waals surface area contributed by atoms with Gasteiger partial charge in [-0.1, -0.05) is 23.2 Å². The number of rotatable bonds is 4. The molecule has 1 aliphatic carbocycles. The van der Waals surface area contributed by atoms with Crippen molar-refractivity contribution in [3.05, 3.63) is 45.2 Å². The normalized spacial score (nSPS) is 14.3. The molecule has 2 aromatic rings. The first-order valence-corrected chi connectivity index (χ1v) is 8.24. The summed E-state index contributed by atoms with van der Waals surface area (Å²) in [5.41, 5.74) is 2.66. The molecule has 1 heterocycles. The van der Waals surface area contributed by atoms with Gasteiger partial charge in [0, 0.05) is 16.3 Å². The van der Waals surface area contributed by atoms with Crippen molar-refractivity contribution in [2.75, 3.05) is 0 Å². The SMILES string of the molecule is CC(NC(=O)c1nn(-c2ccc(Cl)cc2Cl)c2c1CCC2)C(=O)O. The van der Waals surface area contributed by atoms with Gasteiger partial charge in [0.05, 0.1) is 10.7 Å². The predicted octanol–water partition coefficient (Wildman–Crippen LogP) is 2.87. The standard InChI is InChI=1S/C16H15Cl2N3O3/c1-8(16(23)24)19-15(22)14-10-3-2-4-12(10)21(20-14)13-6-5-9(17)7-11(13)18/h5-8H,2-4H2,1H3,(H,19,22)(H,23,24). The first-order valence-electron chi connectivity index (χ1n) is 7.48. The Hall–Kier alpha value is -2.05. The van der Waals surface area contributed by atoms with Crippen molar-refractivity contribution < 1.29 is 14.7 Å². The average Bonchev–Trinajstić information content (AvgIpc) is 3.09. The molecule has 1 aromatic heterocycles. The van der Waals surface area contributed by atoms with E-state index in [1.54, 1.807) is 22.9 Å². The molecule has 0 spiro atoms. The maximum absolute atomic E-state index is 12.4. The number of halogens is 2. The maximum atomic E-state index is 12.4. The molecule has 0 saturated heterocycles. The largest absolute Gasteiger partial charge is 0.480 e. The molecule has 1 atom stereocenters. The van der Waals surface area contributed by atoms with Crippen LogP contribution in [0.5, 0.6) is 0 Å². The lowest BCUT2D eigenvalue weighted by Gasteiger charge is -2.09. The number of fused-ring (bicyclic) bond motifs is 1. The number of aromatic nitrogens is 2. The summed E-state index contributed by atoms with van der Waals surface area (Å²) in [5.74, 6) is -1.59. The molecule has 2 N–H and O–H groups in total. The van der Waals surface area contributed by atoms with Gasteiger partial charge < -0.3 is 10.4 Å². The molecule has 0 bridgehead atoms. The average molecular weight is 368 g/mol. The molecular weight excluding hydrogens is 353 g/mol. The van der Waals surface area contributed by atoms with Crippen molar-refractivity contribution in [3.8, 4) is 5.69 Å². The number of amides is 1. The summed E-state index contributed by atoms with van der Waals surface area (Å²) in [7, 11) is 0. The fourth-order valence-electron chi connectivity index (χ4n) is 2.80. The van der Waals surface area contributed by atoms with Gasteiger partial charge >= 0.3 is 5.97 Å². The van der Waals surface area contributed by atoms with Crippen LogP contribution >= 0.6 is 23.2 Å². The lowest BCUT2D eigenvalue weighted by Crippen LogP contribution is -2.38. The number of aliphatic carboxylic acids is 1. The monoisotopic (exact) mass is 367 g/mol. The highest BCUT2D eigenvalue weighted by Crippen LogP contribution is 2.31. The van der Waals surface area contributed by atoms with Crippen LogP contribution in [0.1, 0.15) is 35.1 Å². The van der Waals surface area contributed by atoms with E-state index >= 15 is 0 Å². The molecule has 1 unspecified atom stereocenters. The van der Waals surface area contributed by atoms with Crippen LogP contribution in [0.2, 0.25) is 10.0 Å². The van der Waals surface area contributed by atoms with E-state index in [2.05, 4.69) is 10.4 Å². The number of carbonyl (C=O) groups is 2. The van der Waals surface area contributed by atoms with Gasteiger partial charge in [0.25, 0.3) is 5.91 Å². The Bertz CT molecular complexity index is 832. The smallest absolute Gasteiger partial charge is 0.325 e. The van der Waals surface area contributed by atoms with Gasteiger partial charge in [0.2, 0.25) is 0 Å². The van der Waals surface area contributed by atoms with Gasteiger partial charge in [-0.15, -0.1) is 0 Å². The van der Waals surface area contributed by atoms with Crippen LogP contribution in [-0.2, 0) is 17.6 Å². The molecule has 1 aliphatic rings. The van der Waals surface area contributed by atoms with Crippen LogP contribution in [-0.4, -0.2) is 32.8 Å². The van der Waals surface area contributed by atoms with E-state index in [0.29, 0.717) is 15.7 Å². The predicted molar refractivity (Wildman–Crippen MR) is 90.2 cm³/mol. The zero-order valence-electron chi connectivity index (χ0n) is 12.8. The van der Waals surface area contributed by atoms with Gasteiger partial charge in [-0.2, -0.15) is 5.10 Å². The molecule has 3 rings (SSSR count). The Kier molecular flexibility index (Phi) is 4.51. The summed E-state index contributed by atoms with van der Waals surface area (Å²) >= 11 is 12.2. The first kappa shape index (κ1) is 16.8. The third-order valence-corrected chi connectivity index (χ3v) is 4.54. The number of benzene rings is 1. The number of carboxylic acid groups (broad SMARTS) is 1. The molecule has 0 radical (unpaired) electrons. The minimum Gasteiger partial charge on any atom is -0.480 e. The lowest BCUT2D eigenvalue weighted by atomic mass is 10.2. The minimum absolute atomic E-state index is 0.251. The van der Waals surface area contributed by atoms with Gasteiger partial charge in [0.15, 0.2) is 5.69 Å². The third-order valence-electron chi connectivity index (χ3n) is 4.00. The quantitative estimate of drug-likeness (QED) is 0.869. The van der Waals surface area contributed by atoms with Crippen molar-refractivity contribution in [1.82, 2.24) is 15.1 Å². The molecule has 6 nitrogen and oxygen atoms in total. The summed E-state index contributed by atoms with van der Waals surface area (Å²) in [5, 5.41) is 16.7. The van der Waals surface area contributed by atoms with E-state index < -0.39 is 17.9 Å². The summed E-state index contributed by atoms with van der Waals surface area (Å²) in [4.78, 5) is 23.3. The molecule has 1 aromatic carbocycles. The third kappa shape index (κ3) is 2.99. The number of carbonyl (C=O) groups excluding carboxylic acids is 1. The topological polar surface area (TPSA) is 84.2 Å². The van der Waals surface area contributed by atoms with E-state index in [1.165, 1.54) is 6.92 Å². The zero-order chi connectivity index (χ0) is 17.4. The molecule has 0 fully saturated rings. The Morgan fingerprint density at radius 3 is 2.75 bits per heavy atom. The second-order valence-corrected chi connectivity index (χ2v) is 6.51. The molecule has 1 amide bonds. The van der Waals surface area contributed by atoms with Gasteiger partial charge in [0.1, 0.15) is 6.04 Å². The van der Waals surface area contributed by atoms with E-state index in [4.69, 9.17) is 28.3 Å². The van der Waals surface area contributed by atoms with Crippen LogP contribution in [0.25, 0.3) is 5.69 Å². The van der Waals surface area contributed by atoms with Gasteiger partial charge in [-0.05, 0) is 44.4 Å². The molecule has 0 saturated carbocycles. The zero-order valence-corrected chi connectivity index (χ0v) is 14.4. The Morgan fingerprint density at radius 2 is 2.08 bits per heavy atom. The first-order chi connectivity index (χ1) is 11.4. The molecule has 126 valence electrons. The van der Waals surface area contributed by atoms with Gasteiger partial charge in [-0.25, -0.2) is 4.68 Å². The van der Waals surface area contributed by atoms with Crippen LogP contribution in [0.3, 0.4) is 0 Å². The van der Waals surface area contributed by atoms with Crippen molar-refractivity contribution in [2.24, 2.45) is 0 Å². The lowest BCUT2D eigenvalue weighted by molar-refractivity contribution is -0.138. The van der Waals surface area contributed by atoms with Crippen LogP contribution in [0.4, 0.5) is 0 Å². The second kappa shape index (κ2) is 6.45. The summed E-state index contributed by atoms with van der Waals surface area (Å²) < 4.78 is 1.65. The summed E-state index contributed by atoms with van der Waals surface area (Å²) in [6.45, 7) is 1.41. The summed E-state index contributed by atoms with van der Waals surface area (Å²) in [6, 6.07) is 4.09. The van der Waals surface area contributed by atoms with Crippen molar-refractivity contribution in [1.29, 1.82) is 0 Å². The molecule has 8 heteroatoms. The number of hydrogen-bond donors (Lipinski definition) is 2. The van der Waals surface area contributed by atoms with Crippen LogP contribution in [0.15, 0.2) is 18.2 Å². The Morgan fingerprint density at radius 1 is 1.33 bits per heavy atom. The Balaban J connectivity index is 2.02. The van der Waals surface area contributed by atoms with Crippen molar-refractivity contribution >= 4 is 35.1 Å². The number of nitrogens with one attached hydrogen (secondary N) is 1. The fourth-order valence-corrected chi connectivity index (χ4v) is 3.29. The molecule has 0 aliphatic heterocycles. The molecular formula is C16H15Cl2N3O3. The number of nitrogens with zero attached hydrogens (tertiary/aromatic N) is 2. The van der Waals surface area contributed by atoms with E-state index in [-0.39, 0.29) is 5.69 Å². The highest BCUT2D eigenvalue weighted by atomic mass is 35.5. The van der Waals surface area contributed by atoms with E-state index in [0.717, 1.165) is 30.5 Å².